The van der Waals surface area contributed by atoms with Gasteiger partial charge in [-0.15, -0.1) is 0 Å². The van der Waals surface area contributed by atoms with Crippen LogP contribution in [0.2, 0.25) is 0 Å². The Hall–Kier alpha value is -1.08. The summed E-state index contributed by atoms with van der Waals surface area (Å²) in [4.78, 5) is 0. The second kappa shape index (κ2) is 8.26. The van der Waals surface area contributed by atoms with Crippen LogP contribution in [0.4, 0.5) is 0 Å². The van der Waals surface area contributed by atoms with Gasteiger partial charge in [0.15, 0.2) is 0 Å². The van der Waals surface area contributed by atoms with Crippen molar-refractivity contribution in [1.29, 1.82) is 0 Å². The number of hydrogen-bond acceptors (Lipinski definition) is 0. The molecule has 0 saturated carbocycles. The number of benzene rings is 2. The Labute approximate surface area is 132 Å². The zero-order valence-electron chi connectivity index (χ0n) is 13.3. The van der Waals surface area contributed by atoms with Gasteiger partial charge in [-0.2, -0.15) is 0 Å². The average Bonchev–Trinajstić information content (AvgIpc) is 2.47. The first-order valence-electron chi connectivity index (χ1n) is 7.43. The SMILES string of the molecule is CC.CCc1ccc(Cc2cc(C)cc(C)c2Br)cc1. The van der Waals surface area contributed by atoms with Crippen molar-refractivity contribution >= 4 is 15.9 Å². The van der Waals surface area contributed by atoms with Crippen LogP contribution in [0.1, 0.15) is 48.6 Å². The van der Waals surface area contributed by atoms with E-state index in [1.165, 1.54) is 32.3 Å². The molecule has 2 aromatic carbocycles. The normalized spacial score (nSPS) is 9.90. The topological polar surface area (TPSA) is 0 Å². The standard InChI is InChI=1S/C17H19Br.C2H6/c1-4-14-5-7-15(8-6-14)11-16-10-12(2)9-13(3)17(16)18;1-2/h5-10H,4,11H2,1-3H3;1-2H3. The molecule has 108 valence electrons. The van der Waals surface area contributed by atoms with Crippen molar-refractivity contribution in [1.82, 2.24) is 0 Å². The van der Waals surface area contributed by atoms with Gasteiger partial charge < -0.3 is 0 Å². The first-order valence-corrected chi connectivity index (χ1v) is 8.23. The van der Waals surface area contributed by atoms with Gasteiger partial charge in [0.1, 0.15) is 0 Å². The average molecular weight is 333 g/mol. The second-order valence-corrected chi connectivity index (χ2v) is 5.69. The summed E-state index contributed by atoms with van der Waals surface area (Å²) in [6.07, 6.45) is 2.10. The molecule has 0 aliphatic heterocycles. The largest absolute Gasteiger partial charge is 0.0683 e. The highest BCUT2D eigenvalue weighted by atomic mass is 79.9. The molecule has 0 saturated heterocycles. The zero-order chi connectivity index (χ0) is 15.1. The fourth-order valence-electron chi connectivity index (χ4n) is 2.28. The van der Waals surface area contributed by atoms with E-state index in [0.717, 1.165) is 12.8 Å². The van der Waals surface area contributed by atoms with Crippen LogP contribution in [-0.4, -0.2) is 0 Å². The molecule has 0 heterocycles. The molecule has 0 unspecified atom stereocenters. The van der Waals surface area contributed by atoms with Crippen LogP contribution in [0.25, 0.3) is 0 Å². The molecule has 0 aliphatic rings. The summed E-state index contributed by atoms with van der Waals surface area (Å²) in [5.41, 5.74) is 6.79. The Balaban J connectivity index is 0.000000956. The molecule has 20 heavy (non-hydrogen) atoms. The third-order valence-corrected chi connectivity index (χ3v) is 4.43. The molecule has 0 aliphatic carbocycles. The quantitative estimate of drug-likeness (QED) is 0.623. The Morgan fingerprint density at radius 1 is 0.900 bits per heavy atom. The van der Waals surface area contributed by atoms with E-state index in [2.05, 4.69) is 73.1 Å². The number of hydrogen-bond donors (Lipinski definition) is 0. The van der Waals surface area contributed by atoms with Crippen molar-refractivity contribution in [2.75, 3.05) is 0 Å². The molecule has 2 rings (SSSR count). The van der Waals surface area contributed by atoms with Crippen LogP contribution in [0.3, 0.4) is 0 Å². The van der Waals surface area contributed by atoms with Gasteiger partial charge >= 0.3 is 0 Å². The molecular weight excluding hydrogens is 308 g/mol. The minimum absolute atomic E-state index is 0.993. The summed E-state index contributed by atoms with van der Waals surface area (Å²) in [6, 6.07) is 13.4. The Bertz CT molecular complexity index is 538. The predicted molar refractivity (Wildman–Crippen MR) is 93.6 cm³/mol. The summed E-state index contributed by atoms with van der Waals surface area (Å²) in [5, 5.41) is 0. The van der Waals surface area contributed by atoms with E-state index >= 15 is 0 Å². The van der Waals surface area contributed by atoms with E-state index in [0.29, 0.717) is 0 Å². The molecule has 0 fully saturated rings. The van der Waals surface area contributed by atoms with Gasteiger partial charge in [0.2, 0.25) is 0 Å². The molecule has 2 aromatic rings. The maximum absolute atomic E-state index is 3.70. The lowest BCUT2D eigenvalue weighted by atomic mass is 9.99. The fourth-order valence-corrected chi connectivity index (χ4v) is 2.65. The highest BCUT2D eigenvalue weighted by Crippen LogP contribution is 2.25. The molecule has 0 bridgehead atoms. The third kappa shape index (κ3) is 4.49. The summed E-state index contributed by atoms with van der Waals surface area (Å²) >= 11 is 3.70. The van der Waals surface area contributed by atoms with E-state index in [-0.39, 0.29) is 0 Å². The van der Waals surface area contributed by atoms with Gasteiger partial charge in [0, 0.05) is 4.47 Å². The molecular formula is C19H25Br. The van der Waals surface area contributed by atoms with Crippen molar-refractivity contribution in [2.45, 2.75) is 47.5 Å². The molecule has 0 N–H and O–H groups in total. The van der Waals surface area contributed by atoms with Crippen LogP contribution < -0.4 is 0 Å². The van der Waals surface area contributed by atoms with Crippen molar-refractivity contribution < 1.29 is 0 Å². The maximum atomic E-state index is 3.70. The van der Waals surface area contributed by atoms with Gasteiger partial charge in [-0.3, -0.25) is 0 Å². The first-order chi connectivity index (χ1) is 9.60. The minimum atomic E-state index is 0.993. The molecule has 0 radical (unpaired) electrons. The first kappa shape index (κ1) is 17.0. The second-order valence-electron chi connectivity index (χ2n) is 4.90. The van der Waals surface area contributed by atoms with E-state index in [1.54, 1.807) is 0 Å². The minimum Gasteiger partial charge on any atom is -0.0683 e. The number of rotatable bonds is 3. The molecule has 0 spiro atoms. The predicted octanol–water partition coefficient (Wildman–Crippen LogP) is 6.25. The van der Waals surface area contributed by atoms with Gasteiger partial charge in [-0.05, 0) is 48.9 Å². The van der Waals surface area contributed by atoms with Crippen LogP contribution in [0.5, 0.6) is 0 Å². The lowest BCUT2D eigenvalue weighted by molar-refractivity contribution is 1.11. The van der Waals surface area contributed by atoms with Gasteiger partial charge in [0.05, 0.1) is 0 Å². The summed E-state index contributed by atoms with van der Waals surface area (Å²) in [6.45, 7) is 10.5. The Morgan fingerprint density at radius 2 is 1.45 bits per heavy atom. The van der Waals surface area contributed by atoms with Gasteiger partial charge in [-0.25, -0.2) is 0 Å². The summed E-state index contributed by atoms with van der Waals surface area (Å²) in [5.74, 6) is 0. The highest BCUT2D eigenvalue weighted by Gasteiger charge is 2.05. The molecule has 0 aromatic heterocycles. The lowest BCUT2D eigenvalue weighted by Gasteiger charge is -2.10. The van der Waals surface area contributed by atoms with Crippen molar-refractivity contribution in [3.8, 4) is 0 Å². The van der Waals surface area contributed by atoms with E-state index < -0.39 is 0 Å². The fraction of sp³-hybridized carbons (Fsp3) is 0.368. The molecule has 0 atom stereocenters. The smallest absolute Gasteiger partial charge is 0.0240 e. The molecule has 0 nitrogen and oxygen atoms in total. The van der Waals surface area contributed by atoms with E-state index in [4.69, 9.17) is 0 Å². The van der Waals surface area contributed by atoms with E-state index in [9.17, 15) is 0 Å². The zero-order valence-corrected chi connectivity index (χ0v) is 14.8. The van der Waals surface area contributed by atoms with Crippen molar-refractivity contribution in [2.24, 2.45) is 0 Å². The van der Waals surface area contributed by atoms with Crippen LogP contribution >= 0.6 is 15.9 Å². The molecule has 1 heteroatoms. The maximum Gasteiger partial charge on any atom is 0.0240 e. The van der Waals surface area contributed by atoms with Gasteiger partial charge in [0.25, 0.3) is 0 Å². The third-order valence-electron chi connectivity index (χ3n) is 3.30. The van der Waals surface area contributed by atoms with Crippen LogP contribution in [-0.2, 0) is 12.8 Å². The number of halogens is 1. The Morgan fingerprint density at radius 3 is 2.00 bits per heavy atom. The monoisotopic (exact) mass is 332 g/mol. The lowest BCUT2D eigenvalue weighted by Crippen LogP contribution is -1.93. The molecule has 0 amide bonds. The van der Waals surface area contributed by atoms with Crippen LogP contribution in [0.15, 0.2) is 40.9 Å². The van der Waals surface area contributed by atoms with Crippen molar-refractivity contribution in [3.63, 3.8) is 0 Å². The summed E-state index contributed by atoms with van der Waals surface area (Å²) < 4.78 is 1.24. The van der Waals surface area contributed by atoms with E-state index in [1.807, 2.05) is 13.8 Å². The van der Waals surface area contributed by atoms with Crippen LogP contribution in [0, 0.1) is 13.8 Å². The summed E-state index contributed by atoms with van der Waals surface area (Å²) in [7, 11) is 0. The Kier molecular flexibility index (Phi) is 7.01. The highest BCUT2D eigenvalue weighted by molar-refractivity contribution is 9.10. The van der Waals surface area contributed by atoms with Gasteiger partial charge in [-0.1, -0.05) is 78.7 Å². The van der Waals surface area contributed by atoms with Crippen molar-refractivity contribution in [3.05, 3.63) is 68.7 Å². The number of aryl methyl sites for hydroxylation is 3.